The molecular weight excluding hydrogens is 390 g/mol. The zero-order chi connectivity index (χ0) is 21.6. The van der Waals surface area contributed by atoms with E-state index in [-0.39, 0.29) is 18.2 Å². The topological polar surface area (TPSA) is 71.4 Å². The molecule has 2 atom stereocenters. The van der Waals surface area contributed by atoms with Crippen LogP contribution in [0.25, 0.3) is 0 Å². The maximum absolute atomic E-state index is 12.7. The van der Waals surface area contributed by atoms with E-state index in [4.69, 9.17) is 4.74 Å². The summed E-state index contributed by atoms with van der Waals surface area (Å²) in [6.45, 7) is 6.86. The third-order valence-electron chi connectivity index (χ3n) is 5.36. The molecule has 2 unspecified atom stereocenters. The molecule has 1 aliphatic heterocycles. The lowest BCUT2D eigenvalue weighted by molar-refractivity contribution is -0.00517. The Morgan fingerprint density at radius 1 is 1.03 bits per heavy atom. The number of hydrogen-bond donors (Lipinski definition) is 2. The van der Waals surface area contributed by atoms with E-state index in [1.807, 2.05) is 59.4 Å². The number of morpholine rings is 1. The summed E-state index contributed by atoms with van der Waals surface area (Å²) in [6, 6.07) is 17.7. The highest BCUT2D eigenvalue weighted by Crippen LogP contribution is 2.28. The number of rotatable bonds is 6. The summed E-state index contributed by atoms with van der Waals surface area (Å²) < 4.78 is 7.72. The van der Waals surface area contributed by atoms with E-state index in [0.29, 0.717) is 13.1 Å². The van der Waals surface area contributed by atoms with Crippen molar-refractivity contribution in [2.75, 3.05) is 23.3 Å². The van der Waals surface area contributed by atoms with Crippen molar-refractivity contribution in [1.29, 1.82) is 0 Å². The number of urea groups is 1. The molecule has 2 heterocycles. The summed E-state index contributed by atoms with van der Waals surface area (Å²) in [7, 11) is 0. The van der Waals surface area contributed by atoms with Gasteiger partial charge in [0.05, 0.1) is 30.1 Å². The van der Waals surface area contributed by atoms with E-state index in [1.54, 1.807) is 6.20 Å². The molecule has 0 aliphatic carbocycles. The molecule has 2 amide bonds. The van der Waals surface area contributed by atoms with Gasteiger partial charge in [-0.25, -0.2) is 4.79 Å². The smallest absolute Gasteiger partial charge is 0.319 e. The summed E-state index contributed by atoms with van der Waals surface area (Å²) >= 11 is 0. The maximum Gasteiger partial charge on any atom is 0.319 e. The number of hydrogen-bond acceptors (Lipinski definition) is 4. The van der Waals surface area contributed by atoms with Crippen LogP contribution in [0, 0.1) is 0 Å². The molecule has 1 saturated heterocycles. The van der Waals surface area contributed by atoms with Crippen LogP contribution in [-0.2, 0) is 17.8 Å². The van der Waals surface area contributed by atoms with Crippen LogP contribution in [0.1, 0.15) is 25.0 Å². The number of ether oxygens (including phenoxy) is 1. The molecule has 2 aromatic carbocycles. The number of para-hydroxylation sites is 2. The van der Waals surface area contributed by atoms with Gasteiger partial charge < -0.3 is 20.3 Å². The first-order valence-corrected chi connectivity index (χ1v) is 10.7. The lowest BCUT2D eigenvalue weighted by Gasteiger charge is -2.37. The van der Waals surface area contributed by atoms with Crippen LogP contribution in [0.3, 0.4) is 0 Å². The minimum absolute atomic E-state index is 0.150. The number of carbonyl (C=O) groups is 1. The fraction of sp³-hybridized carbons (Fsp3) is 0.333. The SMILES string of the molecule is CC1CN(c2ccccc2NC(=O)NCc2ccccc2Cn2cccn2)CC(C)O1. The molecule has 31 heavy (non-hydrogen) atoms. The number of nitrogens with one attached hydrogen (secondary N) is 2. The van der Waals surface area contributed by atoms with Crippen LogP contribution in [-0.4, -0.2) is 41.1 Å². The van der Waals surface area contributed by atoms with Crippen LogP contribution in [0.5, 0.6) is 0 Å². The van der Waals surface area contributed by atoms with Gasteiger partial charge in [0.25, 0.3) is 0 Å². The van der Waals surface area contributed by atoms with E-state index < -0.39 is 0 Å². The predicted molar refractivity (Wildman–Crippen MR) is 122 cm³/mol. The highest BCUT2D eigenvalue weighted by molar-refractivity contribution is 5.93. The summed E-state index contributed by atoms with van der Waals surface area (Å²) in [5, 5.41) is 10.3. The average molecular weight is 420 g/mol. The van der Waals surface area contributed by atoms with Crippen LogP contribution < -0.4 is 15.5 Å². The molecular formula is C24H29N5O2. The number of amides is 2. The van der Waals surface area contributed by atoms with Gasteiger partial charge in [-0.3, -0.25) is 4.68 Å². The van der Waals surface area contributed by atoms with Gasteiger partial charge in [0.15, 0.2) is 0 Å². The first kappa shape index (κ1) is 20.9. The van der Waals surface area contributed by atoms with Gasteiger partial charge in [0.1, 0.15) is 0 Å². The number of anilines is 2. The molecule has 1 fully saturated rings. The molecule has 3 aromatic rings. The second kappa shape index (κ2) is 9.66. The molecule has 1 aliphatic rings. The Bertz CT molecular complexity index is 995. The third-order valence-corrected chi connectivity index (χ3v) is 5.36. The number of nitrogens with zero attached hydrogens (tertiary/aromatic N) is 3. The predicted octanol–water partition coefficient (Wildman–Crippen LogP) is 3.87. The van der Waals surface area contributed by atoms with E-state index in [9.17, 15) is 4.79 Å². The van der Waals surface area contributed by atoms with Crippen molar-refractivity contribution in [2.24, 2.45) is 0 Å². The number of carbonyl (C=O) groups excluding carboxylic acids is 1. The van der Waals surface area contributed by atoms with Crippen molar-refractivity contribution < 1.29 is 9.53 Å². The minimum Gasteiger partial charge on any atom is -0.372 e. The third kappa shape index (κ3) is 5.44. The van der Waals surface area contributed by atoms with Crippen LogP contribution in [0.2, 0.25) is 0 Å². The van der Waals surface area contributed by atoms with E-state index in [1.165, 1.54) is 0 Å². The van der Waals surface area contributed by atoms with Crippen molar-refractivity contribution in [3.63, 3.8) is 0 Å². The van der Waals surface area contributed by atoms with Gasteiger partial charge in [-0.2, -0.15) is 5.10 Å². The molecule has 7 heteroatoms. The van der Waals surface area contributed by atoms with Gasteiger partial charge in [-0.1, -0.05) is 36.4 Å². The first-order chi connectivity index (χ1) is 15.1. The van der Waals surface area contributed by atoms with Gasteiger partial charge in [0.2, 0.25) is 0 Å². The Morgan fingerprint density at radius 3 is 2.48 bits per heavy atom. The standard InChI is InChI=1S/C24H29N5O2/c1-18-15-28(16-19(2)31-18)23-11-6-5-10-22(23)27-24(30)25-14-20-8-3-4-9-21(20)17-29-13-7-12-26-29/h3-13,18-19H,14-17H2,1-2H3,(H2,25,27,30). The van der Waals surface area contributed by atoms with Gasteiger partial charge in [-0.05, 0) is 43.2 Å². The average Bonchev–Trinajstić information content (AvgIpc) is 3.26. The highest BCUT2D eigenvalue weighted by Gasteiger charge is 2.24. The molecule has 0 saturated carbocycles. The molecule has 1 aromatic heterocycles. The van der Waals surface area contributed by atoms with Crippen molar-refractivity contribution in [3.05, 3.63) is 78.1 Å². The Labute approximate surface area is 183 Å². The van der Waals surface area contributed by atoms with Crippen LogP contribution in [0.4, 0.5) is 16.2 Å². The van der Waals surface area contributed by atoms with Crippen LogP contribution >= 0.6 is 0 Å². The van der Waals surface area contributed by atoms with E-state index >= 15 is 0 Å². The van der Waals surface area contributed by atoms with E-state index in [2.05, 4.69) is 40.5 Å². The highest BCUT2D eigenvalue weighted by atomic mass is 16.5. The van der Waals surface area contributed by atoms with Gasteiger partial charge in [0, 0.05) is 32.0 Å². The van der Waals surface area contributed by atoms with Crippen LogP contribution in [0.15, 0.2) is 67.0 Å². The molecule has 0 spiro atoms. The molecule has 0 radical (unpaired) electrons. The van der Waals surface area contributed by atoms with E-state index in [0.717, 1.165) is 35.6 Å². The van der Waals surface area contributed by atoms with Crippen molar-refractivity contribution >= 4 is 17.4 Å². The fourth-order valence-electron chi connectivity index (χ4n) is 4.02. The minimum atomic E-state index is -0.226. The summed E-state index contributed by atoms with van der Waals surface area (Å²) in [5.74, 6) is 0. The monoisotopic (exact) mass is 419 g/mol. The molecule has 0 bridgehead atoms. The number of benzene rings is 2. The van der Waals surface area contributed by atoms with Crippen molar-refractivity contribution in [2.45, 2.75) is 39.1 Å². The summed E-state index contributed by atoms with van der Waals surface area (Å²) in [6.07, 6.45) is 4.00. The second-order valence-electron chi connectivity index (χ2n) is 7.96. The first-order valence-electron chi connectivity index (χ1n) is 10.7. The summed E-state index contributed by atoms with van der Waals surface area (Å²) in [4.78, 5) is 15.0. The molecule has 2 N–H and O–H groups in total. The Kier molecular flexibility index (Phi) is 6.52. The lowest BCUT2D eigenvalue weighted by atomic mass is 10.1. The Balaban J connectivity index is 1.40. The molecule has 4 rings (SSSR count). The fourth-order valence-corrected chi connectivity index (χ4v) is 4.02. The quantitative estimate of drug-likeness (QED) is 0.636. The molecule has 162 valence electrons. The van der Waals surface area contributed by atoms with Crippen molar-refractivity contribution in [1.82, 2.24) is 15.1 Å². The summed E-state index contributed by atoms with van der Waals surface area (Å²) in [5.41, 5.74) is 4.00. The lowest BCUT2D eigenvalue weighted by Crippen LogP contribution is -2.45. The Hall–Kier alpha value is -3.32. The zero-order valence-corrected chi connectivity index (χ0v) is 18.0. The Morgan fingerprint density at radius 2 is 1.74 bits per heavy atom. The maximum atomic E-state index is 12.7. The largest absolute Gasteiger partial charge is 0.372 e. The normalized spacial score (nSPS) is 18.6. The van der Waals surface area contributed by atoms with Gasteiger partial charge in [-0.15, -0.1) is 0 Å². The van der Waals surface area contributed by atoms with Crippen molar-refractivity contribution in [3.8, 4) is 0 Å². The molecule has 7 nitrogen and oxygen atoms in total. The zero-order valence-electron chi connectivity index (χ0n) is 18.0. The second-order valence-corrected chi connectivity index (χ2v) is 7.96. The van der Waals surface area contributed by atoms with Gasteiger partial charge >= 0.3 is 6.03 Å². The number of aromatic nitrogens is 2.